The Morgan fingerprint density at radius 3 is 2.33 bits per heavy atom. The molecule has 112 valence electrons. The summed E-state index contributed by atoms with van der Waals surface area (Å²) in [4.78, 5) is 0. The summed E-state index contributed by atoms with van der Waals surface area (Å²) >= 11 is 18.1. The predicted octanol–water partition coefficient (Wildman–Crippen LogP) is 6.45. The Bertz CT molecular complexity index is 613. The molecule has 2 rings (SSSR count). The highest BCUT2D eigenvalue weighted by Gasteiger charge is 2.14. The molecule has 0 aliphatic heterocycles. The number of hydrogen-bond acceptors (Lipinski definition) is 1. The fourth-order valence-electron chi connectivity index (χ4n) is 2.35. The minimum atomic E-state index is 0.170. The zero-order valence-corrected chi connectivity index (χ0v) is 14.3. The van der Waals surface area contributed by atoms with Crippen LogP contribution in [0.15, 0.2) is 42.5 Å². The summed E-state index contributed by atoms with van der Waals surface area (Å²) in [6.07, 6.45) is 0.978. The van der Waals surface area contributed by atoms with Crippen molar-refractivity contribution in [3.8, 4) is 0 Å². The minimum Gasteiger partial charge on any atom is -0.303 e. The third kappa shape index (κ3) is 4.37. The molecule has 4 heteroatoms. The summed E-state index contributed by atoms with van der Waals surface area (Å²) in [5.74, 6) is 0. The highest BCUT2D eigenvalue weighted by molar-refractivity contribution is 6.42. The lowest BCUT2D eigenvalue weighted by molar-refractivity contribution is 0.456. The van der Waals surface area contributed by atoms with Gasteiger partial charge >= 0.3 is 0 Å². The van der Waals surface area contributed by atoms with Gasteiger partial charge in [0.25, 0.3) is 0 Å². The smallest absolute Gasteiger partial charge is 0.0595 e. The third-order valence-corrected chi connectivity index (χ3v) is 4.53. The molecule has 2 aromatic rings. The van der Waals surface area contributed by atoms with Crippen LogP contribution in [0.25, 0.3) is 0 Å². The number of nitrogens with one attached hydrogen (secondary N) is 1. The molecule has 2 unspecified atom stereocenters. The van der Waals surface area contributed by atoms with E-state index in [9.17, 15) is 0 Å². The van der Waals surface area contributed by atoms with Crippen molar-refractivity contribution >= 4 is 34.8 Å². The lowest BCUT2D eigenvalue weighted by Crippen LogP contribution is -2.24. The molecule has 2 atom stereocenters. The van der Waals surface area contributed by atoms with E-state index < -0.39 is 0 Å². The van der Waals surface area contributed by atoms with Crippen LogP contribution in [0.4, 0.5) is 0 Å². The van der Waals surface area contributed by atoms with Gasteiger partial charge in [-0.25, -0.2) is 0 Å². The Morgan fingerprint density at radius 2 is 1.71 bits per heavy atom. The molecule has 0 aliphatic carbocycles. The highest BCUT2D eigenvalue weighted by Crippen LogP contribution is 2.28. The molecule has 1 N–H and O–H groups in total. The van der Waals surface area contributed by atoms with E-state index in [1.165, 1.54) is 5.56 Å². The molecule has 0 spiro atoms. The zero-order chi connectivity index (χ0) is 15.4. The molecular weight excluding hydrogens is 325 g/mol. The quantitative estimate of drug-likeness (QED) is 0.658. The molecule has 2 aromatic carbocycles. The van der Waals surface area contributed by atoms with Crippen LogP contribution in [-0.2, 0) is 0 Å². The van der Waals surface area contributed by atoms with Crippen molar-refractivity contribution in [3.05, 3.63) is 68.7 Å². The van der Waals surface area contributed by atoms with Gasteiger partial charge in [0.2, 0.25) is 0 Å². The van der Waals surface area contributed by atoms with E-state index in [2.05, 4.69) is 25.2 Å². The van der Waals surface area contributed by atoms with Crippen molar-refractivity contribution in [3.63, 3.8) is 0 Å². The maximum atomic E-state index is 6.09. The lowest BCUT2D eigenvalue weighted by Gasteiger charge is -2.23. The first-order chi connectivity index (χ1) is 10.0. The summed E-state index contributed by atoms with van der Waals surface area (Å²) in [5.41, 5.74) is 2.31. The summed E-state index contributed by atoms with van der Waals surface area (Å²) in [6.45, 7) is 4.27. The van der Waals surface area contributed by atoms with E-state index in [-0.39, 0.29) is 12.1 Å². The van der Waals surface area contributed by atoms with Gasteiger partial charge in [0.1, 0.15) is 0 Å². The van der Waals surface area contributed by atoms with Gasteiger partial charge in [-0.1, -0.05) is 59.9 Å². The van der Waals surface area contributed by atoms with E-state index >= 15 is 0 Å². The van der Waals surface area contributed by atoms with Crippen molar-refractivity contribution in [2.45, 2.75) is 32.4 Å². The van der Waals surface area contributed by atoms with Crippen molar-refractivity contribution in [1.82, 2.24) is 5.32 Å². The van der Waals surface area contributed by atoms with Gasteiger partial charge in [-0.3, -0.25) is 0 Å². The molecule has 0 aromatic heterocycles. The number of rotatable bonds is 5. The van der Waals surface area contributed by atoms with Crippen LogP contribution in [0.5, 0.6) is 0 Å². The Morgan fingerprint density at radius 1 is 0.952 bits per heavy atom. The first-order valence-corrected chi connectivity index (χ1v) is 8.11. The minimum absolute atomic E-state index is 0.170. The molecule has 0 bridgehead atoms. The van der Waals surface area contributed by atoms with Gasteiger partial charge in [-0.15, -0.1) is 0 Å². The first-order valence-electron chi connectivity index (χ1n) is 6.97. The molecule has 21 heavy (non-hydrogen) atoms. The lowest BCUT2D eigenvalue weighted by atomic mass is 10.0. The molecule has 0 saturated carbocycles. The highest BCUT2D eigenvalue weighted by atomic mass is 35.5. The topological polar surface area (TPSA) is 12.0 Å². The fraction of sp³-hybridized carbons (Fsp3) is 0.294. The van der Waals surface area contributed by atoms with Crippen LogP contribution in [0.3, 0.4) is 0 Å². The average molecular weight is 343 g/mol. The normalized spacial score (nSPS) is 14.0. The van der Waals surface area contributed by atoms with Gasteiger partial charge in [-0.05, 0) is 48.7 Å². The maximum Gasteiger partial charge on any atom is 0.0595 e. The number of halogens is 3. The predicted molar refractivity (Wildman–Crippen MR) is 92.5 cm³/mol. The molecule has 0 radical (unpaired) electrons. The van der Waals surface area contributed by atoms with E-state index in [1.54, 1.807) is 0 Å². The molecule has 0 fully saturated rings. The van der Waals surface area contributed by atoms with Gasteiger partial charge in [-0.2, -0.15) is 0 Å². The van der Waals surface area contributed by atoms with Crippen molar-refractivity contribution in [2.24, 2.45) is 0 Å². The molecule has 0 aliphatic rings. The van der Waals surface area contributed by atoms with Gasteiger partial charge in [0, 0.05) is 17.1 Å². The SMILES string of the molecule is CCC(NC(C)c1ccc(Cl)c(Cl)c1)c1cccc(Cl)c1. The van der Waals surface area contributed by atoms with Crippen LogP contribution in [0, 0.1) is 0 Å². The molecule has 0 saturated heterocycles. The molecule has 1 nitrogen and oxygen atoms in total. The number of hydrogen-bond donors (Lipinski definition) is 1. The van der Waals surface area contributed by atoms with Crippen LogP contribution in [-0.4, -0.2) is 0 Å². The fourth-order valence-corrected chi connectivity index (χ4v) is 2.86. The van der Waals surface area contributed by atoms with E-state index in [0.29, 0.717) is 10.0 Å². The summed E-state index contributed by atoms with van der Waals surface area (Å²) in [7, 11) is 0. The Hall–Kier alpha value is -0.730. The summed E-state index contributed by atoms with van der Waals surface area (Å²) in [5, 5.41) is 5.53. The first kappa shape index (κ1) is 16.6. The van der Waals surface area contributed by atoms with Gasteiger partial charge in [0.15, 0.2) is 0 Å². The second kappa shape index (κ2) is 7.51. The monoisotopic (exact) mass is 341 g/mol. The average Bonchev–Trinajstić information content (AvgIpc) is 2.47. The Kier molecular flexibility index (Phi) is 5.95. The Balaban J connectivity index is 2.16. The van der Waals surface area contributed by atoms with Crippen LogP contribution in [0.1, 0.15) is 43.5 Å². The molecule has 0 heterocycles. The largest absolute Gasteiger partial charge is 0.303 e. The Labute approximate surface area is 141 Å². The molecule has 0 amide bonds. The van der Waals surface area contributed by atoms with E-state index in [4.69, 9.17) is 34.8 Å². The third-order valence-electron chi connectivity index (χ3n) is 3.55. The standard InChI is InChI=1S/C17H18Cl3N/c1-3-17(13-5-4-6-14(18)9-13)21-11(2)12-7-8-15(19)16(20)10-12/h4-11,17,21H,3H2,1-2H3. The van der Waals surface area contributed by atoms with Crippen molar-refractivity contribution in [1.29, 1.82) is 0 Å². The van der Waals surface area contributed by atoms with Crippen molar-refractivity contribution in [2.75, 3.05) is 0 Å². The van der Waals surface area contributed by atoms with Crippen LogP contribution >= 0.6 is 34.8 Å². The van der Waals surface area contributed by atoms with Gasteiger partial charge < -0.3 is 5.32 Å². The van der Waals surface area contributed by atoms with Crippen molar-refractivity contribution < 1.29 is 0 Å². The van der Waals surface area contributed by atoms with E-state index in [0.717, 1.165) is 17.0 Å². The number of benzene rings is 2. The maximum absolute atomic E-state index is 6.09. The molecular formula is C17H18Cl3N. The van der Waals surface area contributed by atoms with Crippen LogP contribution in [0.2, 0.25) is 15.1 Å². The summed E-state index contributed by atoms with van der Waals surface area (Å²) < 4.78 is 0. The second-order valence-corrected chi connectivity index (χ2v) is 6.33. The van der Waals surface area contributed by atoms with E-state index in [1.807, 2.05) is 36.4 Å². The zero-order valence-electron chi connectivity index (χ0n) is 12.0. The van der Waals surface area contributed by atoms with Crippen LogP contribution < -0.4 is 5.32 Å². The second-order valence-electron chi connectivity index (χ2n) is 5.08. The van der Waals surface area contributed by atoms with Gasteiger partial charge in [0.05, 0.1) is 10.0 Å². The summed E-state index contributed by atoms with van der Waals surface area (Å²) in [6, 6.07) is 14.1.